The normalized spacial score (nSPS) is 10.2. The molecule has 0 bridgehead atoms. The first-order valence-electron chi connectivity index (χ1n) is 5.08. The summed E-state index contributed by atoms with van der Waals surface area (Å²) in [6, 6.07) is 13.5. The minimum atomic E-state index is 0.465. The molecule has 0 aromatic heterocycles. The van der Waals surface area contributed by atoms with Crippen molar-refractivity contribution in [2.24, 2.45) is 0 Å². The number of para-hydroxylation sites is 1. The molecule has 0 saturated carbocycles. The first-order valence-corrected chi connectivity index (χ1v) is 6.66. The maximum absolute atomic E-state index is 5.85. The lowest BCUT2D eigenvalue weighted by atomic mass is 10.2. The van der Waals surface area contributed by atoms with Crippen molar-refractivity contribution in [3.8, 4) is 5.75 Å². The molecule has 0 saturated heterocycles. The minimum Gasteiger partial charge on any atom is -0.488 e. The summed E-state index contributed by atoms with van der Waals surface area (Å²) in [6.45, 7) is 0.465. The highest BCUT2D eigenvalue weighted by Gasteiger charge is 2.03. The Labute approximate surface area is 117 Å². The SMILES string of the molecule is Nc1ccccc1COc1ccc(Br)cc1Br. The number of anilines is 1. The van der Waals surface area contributed by atoms with Crippen LogP contribution in [0.1, 0.15) is 5.56 Å². The van der Waals surface area contributed by atoms with E-state index in [0.29, 0.717) is 6.61 Å². The van der Waals surface area contributed by atoms with E-state index in [9.17, 15) is 0 Å². The number of hydrogen-bond acceptors (Lipinski definition) is 2. The second-order valence-electron chi connectivity index (χ2n) is 3.56. The van der Waals surface area contributed by atoms with Gasteiger partial charge in [-0.05, 0) is 40.2 Å². The molecule has 4 heteroatoms. The fourth-order valence-electron chi connectivity index (χ4n) is 1.41. The summed E-state index contributed by atoms with van der Waals surface area (Å²) in [5.41, 5.74) is 7.59. The Morgan fingerprint density at radius 1 is 1.06 bits per heavy atom. The summed E-state index contributed by atoms with van der Waals surface area (Å²) in [6.07, 6.45) is 0. The predicted molar refractivity (Wildman–Crippen MR) is 77.0 cm³/mol. The first kappa shape index (κ1) is 12.5. The highest BCUT2D eigenvalue weighted by Crippen LogP contribution is 2.29. The Morgan fingerprint density at radius 2 is 1.82 bits per heavy atom. The smallest absolute Gasteiger partial charge is 0.134 e. The van der Waals surface area contributed by atoms with Gasteiger partial charge in [0.1, 0.15) is 12.4 Å². The topological polar surface area (TPSA) is 35.2 Å². The van der Waals surface area contributed by atoms with Crippen molar-refractivity contribution >= 4 is 37.5 Å². The summed E-state index contributed by atoms with van der Waals surface area (Å²) < 4.78 is 7.64. The maximum atomic E-state index is 5.85. The van der Waals surface area contributed by atoms with Crippen molar-refractivity contribution in [2.45, 2.75) is 6.61 Å². The van der Waals surface area contributed by atoms with Crippen molar-refractivity contribution in [1.29, 1.82) is 0 Å². The Kier molecular flexibility index (Phi) is 4.07. The number of rotatable bonds is 3. The zero-order chi connectivity index (χ0) is 12.3. The summed E-state index contributed by atoms with van der Waals surface area (Å²) >= 11 is 6.85. The number of benzene rings is 2. The Hall–Kier alpha value is -1.000. The lowest BCUT2D eigenvalue weighted by Crippen LogP contribution is -2.00. The molecule has 0 radical (unpaired) electrons. The molecule has 0 atom stereocenters. The van der Waals surface area contributed by atoms with Crippen molar-refractivity contribution in [3.63, 3.8) is 0 Å². The molecule has 0 aliphatic rings. The van der Waals surface area contributed by atoms with Crippen LogP contribution in [0.2, 0.25) is 0 Å². The molecule has 0 spiro atoms. The maximum Gasteiger partial charge on any atom is 0.134 e. The summed E-state index contributed by atoms with van der Waals surface area (Å²) in [4.78, 5) is 0. The van der Waals surface area contributed by atoms with Gasteiger partial charge in [-0.3, -0.25) is 0 Å². The van der Waals surface area contributed by atoms with Crippen LogP contribution in [0.15, 0.2) is 51.4 Å². The van der Waals surface area contributed by atoms with E-state index in [-0.39, 0.29) is 0 Å². The molecular weight excluding hydrogens is 346 g/mol. The standard InChI is InChI=1S/C13H11Br2NO/c14-10-5-6-13(11(15)7-10)17-8-9-3-1-2-4-12(9)16/h1-7H,8,16H2. The van der Waals surface area contributed by atoms with E-state index in [0.717, 1.165) is 25.9 Å². The van der Waals surface area contributed by atoms with E-state index in [1.807, 2.05) is 42.5 Å². The fourth-order valence-corrected chi connectivity index (χ4v) is 2.57. The molecule has 0 amide bonds. The van der Waals surface area contributed by atoms with Crippen LogP contribution in [0.3, 0.4) is 0 Å². The molecular formula is C13H11Br2NO. The summed E-state index contributed by atoms with van der Waals surface area (Å²) in [7, 11) is 0. The number of nitrogens with two attached hydrogens (primary N) is 1. The molecule has 17 heavy (non-hydrogen) atoms. The lowest BCUT2D eigenvalue weighted by Gasteiger charge is -2.10. The molecule has 2 rings (SSSR count). The van der Waals surface area contributed by atoms with Crippen LogP contribution in [0.4, 0.5) is 5.69 Å². The largest absolute Gasteiger partial charge is 0.488 e. The van der Waals surface area contributed by atoms with Crippen LogP contribution in [0.5, 0.6) is 5.75 Å². The van der Waals surface area contributed by atoms with Gasteiger partial charge in [-0.15, -0.1) is 0 Å². The van der Waals surface area contributed by atoms with Crippen molar-refractivity contribution in [1.82, 2.24) is 0 Å². The molecule has 0 aliphatic carbocycles. The van der Waals surface area contributed by atoms with Crippen LogP contribution in [-0.2, 0) is 6.61 Å². The molecule has 2 aromatic rings. The van der Waals surface area contributed by atoms with Gasteiger partial charge in [-0.25, -0.2) is 0 Å². The second kappa shape index (κ2) is 5.56. The zero-order valence-electron chi connectivity index (χ0n) is 8.99. The van der Waals surface area contributed by atoms with E-state index in [2.05, 4.69) is 31.9 Å². The van der Waals surface area contributed by atoms with Crippen LogP contribution in [-0.4, -0.2) is 0 Å². The third kappa shape index (κ3) is 3.23. The van der Waals surface area contributed by atoms with E-state index in [1.54, 1.807) is 0 Å². The van der Waals surface area contributed by atoms with Gasteiger partial charge in [-0.1, -0.05) is 34.1 Å². The van der Waals surface area contributed by atoms with Gasteiger partial charge in [0.25, 0.3) is 0 Å². The van der Waals surface area contributed by atoms with Crippen molar-refractivity contribution in [3.05, 3.63) is 57.0 Å². The quantitative estimate of drug-likeness (QED) is 0.828. The van der Waals surface area contributed by atoms with Gasteiger partial charge in [-0.2, -0.15) is 0 Å². The minimum absolute atomic E-state index is 0.465. The Morgan fingerprint density at radius 3 is 2.53 bits per heavy atom. The molecule has 2 nitrogen and oxygen atoms in total. The van der Waals surface area contributed by atoms with E-state index in [1.165, 1.54) is 0 Å². The highest BCUT2D eigenvalue weighted by molar-refractivity contribution is 9.11. The average molecular weight is 357 g/mol. The Balaban J connectivity index is 2.10. The molecule has 2 N–H and O–H groups in total. The molecule has 0 aliphatic heterocycles. The van der Waals surface area contributed by atoms with Crippen molar-refractivity contribution < 1.29 is 4.74 Å². The molecule has 0 heterocycles. The second-order valence-corrected chi connectivity index (χ2v) is 5.33. The van der Waals surface area contributed by atoms with Gasteiger partial charge in [0, 0.05) is 15.7 Å². The fraction of sp³-hybridized carbons (Fsp3) is 0.0769. The van der Waals surface area contributed by atoms with E-state index < -0.39 is 0 Å². The summed E-state index contributed by atoms with van der Waals surface area (Å²) in [5, 5.41) is 0. The number of nitrogen functional groups attached to an aromatic ring is 1. The van der Waals surface area contributed by atoms with Crippen LogP contribution >= 0.6 is 31.9 Å². The average Bonchev–Trinajstić information content (AvgIpc) is 2.30. The van der Waals surface area contributed by atoms with Gasteiger partial charge in [0.2, 0.25) is 0 Å². The monoisotopic (exact) mass is 355 g/mol. The lowest BCUT2D eigenvalue weighted by molar-refractivity contribution is 0.305. The molecule has 0 unspecified atom stereocenters. The number of hydrogen-bond donors (Lipinski definition) is 1. The van der Waals surface area contributed by atoms with E-state index in [4.69, 9.17) is 10.5 Å². The van der Waals surface area contributed by atoms with E-state index >= 15 is 0 Å². The molecule has 0 fully saturated rings. The van der Waals surface area contributed by atoms with Gasteiger partial charge in [0.05, 0.1) is 4.47 Å². The van der Waals surface area contributed by atoms with Crippen LogP contribution in [0.25, 0.3) is 0 Å². The molecule has 2 aromatic carbocycles. The zero-order valence-corrected chi connectivity index (χ0v) is 12.2. The molecule has 88 valence electrons. The van der Waals surface area contributed by atoms with Crippen LogP contribution < -0.4 is 10.5 Å². The van der Waals surface area contributed by atoms with Crippen LogP contribution in [0, 0.1) is 0 Å². The number of halogens is 2. The van der Waals surface area contributed by atoms with Gasteiger partial charge < -0.3 is 10.5 Å². The third-order valence-electron chi connectivity index (χ3n) is 2.33. The summed E-state index contributed by atoms with van der Waals surface area (Å²) in [5.74, 6) is 0.802. The highest BCUT2D eigenvalue weighted by atomic mass is 79.9. The predicted octanol–water partition coefficient (Wildman–Crippen LogP) is 4.37. The third-order valence-corrected chi connectivity index (χ3v) is 3.45. The van der Waals surface area contributed by atoms with Gasteiger partial charge >= 0.3 is 0 Å². The number of ether oxygens (including phenoxy) is 1. The Bertz CT molecular complexity index is 529. The van der Waals surface area contributed by atoms with Crippen molar-refractivity contribution in [2.75, 3.05) is 5.73 Å². The first-order chi connectivity index (χ1) is 8.16. The van der Waals surface area contributed by atoms with Gasteiger partial charge in [0.15, 0.2) is 0 Å².